The molecule has 0 unspecified atom stereocenters. The van der Waals surface area contributed by atoms with E-state index in [1.54, 1.807) is 0 Å². The zero-order valence-electron chi connectivity index (χ0n) is 14.5. The second-order valence-corrected chi connectivity index (χ2v) is 6.05. The molecule has 2 aromatic carbocycles. The number of nitrogens with one attached hydrogen (secondary N) is 1. The molecule has 0 spiro atoms. The van der Waals surface area contributed by atoms with Gasteiger partial charge < -0.3 is 15.0 Å². The third kappa shape index (κ3) is 6.42. The lowest BCUT2D eigenvalue weighted by atomic mass is 10.1. The third-order valence-electron chi connectivity index (χ3n) is 3.64. The van der Waals surface area contributed by atoms with Crippen LogP contribution in [0, 0.1) is 0 Å². The second kappa shape index (κ2) is 9.73. The molecule has 0 bridgehead atoms. The van der Waals surface area contributed by atoms with Crippen LogP contribution in [0.15, 0.2) is 54.6 Å². The van der Waals surface area contributed by atoms with Crippen LogP contribution in [-0.2, 0) is 17.9 Å². The molecule has 0 saturated heterocycles. The molecule has 4 heteroatoms. The number of ether oxygens (including phenoxy) is 1. The molecular formula is C20H26N2O2. The van der Waals surface area contributed by atoms with Crippen LogP contribution in [0.3, 0.4) is 0 Å². The van der Waals surface area contributed by atoms with Crippen molar-refractivity contribution in [3.05, 3.63) is 65.7 Å². The van der Waals surface area contributed by atoms with Gasteiger partial charge in [-0.2, -0.15) is 0 Å². The molecule has 0 saturated carbocycles. The van der Waals surface area contributed by atoms with Gasteiger partial charge in [-0.3, -0.25) is 4.79 Å². The van der Waals surface area contributed by atoms with E-state index in [0.29, 0.717) is 26.0 Å². The lowest BCUT2D eigenvalue weighted by molar-refractivity contribution is -0.121. The van der Waals surface area contributed by atoms with Gasteiger partial charge in [-0.15, -0.1) is 0 Å². The van der Waals surface area contributed by atoms with Crippen LogP contribution in [0.4, 0.5) is 0 Å². The molecule has 2 aromatic rings. The molecule has 0 aliphatic heterocycles. The lowest BCUT2D eigenvalue weighted by Gasteiger charge is -2.14. The summed E-state index contributed by atoms with van der Waals surface area (Å²) in [5.41, 5.74) is 2.41. The summed E-state index contributed by atoms with van der Waals surface area (Å²) in [5, 5.41) is 3.00. The number of hydrogen-bond acceptors (Lipinski definition) is 3. The van der Waals surface area contributed by atoms with Gasteiger partial charge >= 0.3 is 0 Å². The quantitative estimate of drug-likeness (QED) is 0.719. The second-order valence-electron chi connectivity index (χ2n) is 6.05. The fourth-order valence-electron chi connectivity index (χ4n) is 2.45. The molecule has 2 rings (SSSR count). The van der Waals surface area contributed by atoms with Crippen molar-refractivity contribution in [2.75, 3.05) is 20.7 Å². The van der Waals surface area contributed by atoms with E-state index < -0.39 is 0 Å². The highest BCUT2D eigenvalue weighted by Gasteiger charge is 2.06. The number of rotatable bonds is 9. The van der Waals surface area contributed by atoms with E-state index in [9.17, 15) is 4.79 Å². The van der Waals surface area contributed by atoms with E-state index in [1.807, 2.05) is 56.6 Å². The first-order chi connectivity index (χ1) is 11.6. The number of carbonyl (C=O) groups is 1. The highest BCUT2D eigenvalue weighted by Crippen LogP contribution is 2.11. The Bertz CT molecular complexity index is 627. The van der Waals surface area contributed by atoms with Crippen molar-refractivity contribution in [1.29, 1.82) is 0 Å². The SMILES string of the molecule is CN(C)Cc1ccccc1CNC(=O)CCCOc1ccccc1. The van der Waals surface area contributed by atoms with E-state index in [-0.39, 0.29) is 5.91 Å². The standard InChI is InChI=1S/C20H26N2O2/c1-22(2)16-18-10-7-6-9-17(18)15-21-20(23)13-8-14-24-19-11-4-3-5-12-19/h3-7,9-12H,8,13-16H2,1-2H3,(H,21,23). The molecule has 128 valence electrons. The maximum Gasteiger partial charge on any atom is 0.220 e. The molecule has 0 aliphatic rings. The molecule has 0 heterocycles. The van der Waals surface area contributed by atoms with Crippen molar-refractivity contribution in [3.8, 4) is 5.75 Å². The summed E-state index contributed by atoms with van der Waals surface area (Å²) in [6, 6.07) is 17.9. The number of para-hydroxylation sites is 1. The lowest BCUT2D eigenvalue weighted by Crippen LogP contribution is -2.24. The molecule has 0 atom stereocenters. The number of benzene rings is 2. The van der Waals surface area contributed by atoms with Crippen LogP contribution in [-0.4, -0.2) is 31.5 Å². The molecule has 4 nitrogen and oxygen atoms in total. The summed E-state index contributed by atoms with van der Waals surface area (Å²) in [4.78, 5) is 14.1. The molecule has 1 amide bonds. The van der Waals surface area contributed by atoms with Gasteiger partial charge in [0.1, 0.15) is 5.75 Å². The van der Waals surface area contributed by atoms with Crippen molar-refractivity contribution < 1.29 is 9.53 Å². The number of hydrogen-bond donors (Lipinski definition) is 1. The Morgan fingerprint density at radius 2 is 1.67 bits per heavy atom. The highest BCUT2D eigenvalue weighted by molar-refractivity contribution is 5.75. The maximum atomic E-state index is 12.0. The number of amides is 1. The van der Waals surface area contributed by atoms with Crippen LogP contribution >= 0.6 is 0 Å². The number of nitrogens with zero attached hydrogens (tertiary/aromatic N) is 1. The summed E-state index contributed by atoms with van der Waals surface area (Å²) in [7, 11) is 4.09. The van der Waals surface area contributed by atoms with Crippen LogP contribution in [0.1, 0.15) is 24.0 Å². The molecular weight excluding hydrogens is 300 g/mol. The summed E-state index contributed by atoms with van der Waals surface area (Å²) >= 11 is 0. The molecule has 0 radical (unpaired) electrons. The zero-order valence-corrected chi connectivity index (χ0v) is 14.5. The molecule has 0 fully saturated rings. The predicted molar refractivity (Wildman–Crippen MR) is 96.9 cm³/mol. The van der Waals surface area contributed by atoms with Gasteiger partial charge in [0, 0.05) is 19.5 Å². The Labute approximate surface area is 144 Å². The van der Waals surface area contributed by atoms with Crippen LogP contribution in [0.5, 0.6) is 5.75 Å². The van der Waals surface area contributed by atoms with E-state index in [2.05, 4.69) is 22.3 Å². The van der Waals surface area contributed by atoms with Crippen LogP contribution < -0.4 is 10.1 Å². The van der Waals surface area contributed by atoms with E-state index >= 15 is 0 Å². The van der Waals surface area contributed by atoms with Crippen LogP contribution in [0.2, 0.25) is 0 Å². The van der Waals surface area contributed by atoms with Crippen molar-refractivity contribution in [3.63, 3.8) is 0 Å². The Balaban J connectivity index is 1.70. The summed E-state index contributed by atoms with van der Waals surface area (Å²) in [5.74, 6) is 0.904. The molecule has 0 aliphatic carbocycles. The first-order valence-electron chi connectivity index (χ1n) is 8.31. The van der Waals surface area contributed by atoms with E-state index in [4.69, 9.17) is 4.74 Å². The van der Waals surface area contributed by atoms with Gasteiger partial charge in [0.2, 0.25) is 5.91 Å². The zero-order chi connectivity index (χ0) is 17.2. The average Bonchev–Trinajstić information content (AvgIpc) is 2.58. The molecule has 0 aromatic heterocycles. The molecule has 1 N–H and O–H groups in total. The van der Waals surface area contributed by atoms with Gasteiger partial charge in [0.05, 0.1) is 6.61 Å². The van der Waals surface area contributed by atoms with Gasteiger partial charge in [-0.1, -0.05) is 42.5 Å². The summed E-state index contributed by atoms with van der Waals surface area (Å²) < 4.78 is 5.60. The average molecular weight is 326 g/mol. The van der Waals surface area contributed by atoms with E-state index in [1.165, 1.54) is 11.1 Å². The Hall–Kier alpha value is -2.33. The van der Waals surface area contributed by atoms with Gasteiger partial charge in [0.15, 0.2) is 0 Å². The minimum Gasteiger partial charge on any atom is -0.494 e. The summed E-state index contributed by atoms with van der Waals surface area (Å²) in [6.45, 7) is 1.99. The van der Waals surface area contributed by atoms with Gasteiger partial charge in [-0.25, -0.2) is 0 Å². The monoisotopic (exact) mass is 326 g/mol. The molecule has 24 heavy (non-hydrogen) atoms. The number of carbonyl (C=O) groups excluding carboxylic acids is 1. The third-order valence-corrected chi connectivity index (χ3v) is 3.64. The largest absolute Gasteiger partial charge is 0.494 e. The summed E-state index contributed by atoms with van der Waals surface area (Å²) in [6.07, 6.45) is 1.18. The van der Waals surface area contributed by atoms with Crippen molar-refractivity contribution >= 4 is 5.91 Å². The smallest absolute Gasteiger partial charge is 0.220 e. The Morgan fingerprint density at radius 3 is 2.38 bits per heavy atom. The predicted octanol–water partition coefficient (Wildman–Crippen LogP) is 3.22. The topological polar surface area (TPSA) is 41.6 Å². The Morgan fingerprint density at radius 1 is 1.00 bits per heavy atom. The van der Waals surface area contributed by atoms with Crippen molar-refractivity contribution in [2.24, 2.45) is 0 Å². The minimum absolute atomic E-state index is 0.0614. The normalized spacial score (nSPS) is 10.6. The van der Waals surface area contributed by atoms with Gasteiger partial charge in [0.25, 0.3) is 0 Å². The van der Waals surface area contributed by atoms with Crippen LogP contribution in [0.25, 0.3) is 0 Å². The van der Waals surface area contributed by atoms with Crippen molar-refractivity contribution in [2.45, 2.75) is 25.9 Å². The minimum atomic E-state index is 0.0614. The first kappa shape index (κ1) is 18.0. The fraction of sp³-hybridized carbons (Fsp3) is 0.350. The first-order valence-corrected chi connectivity index (χ1v) is 8.31. The highest BCUT2D eigenvalue weighted by atomic mass is 16.5. The Kier molecular flexibility index (Phi) is 7.30. The van der Waals surface area contributed by atoms with E-state index in [0.717, 1.165) is 12.3 Å². The van der Waals surface area contributed by atoms with Crippen molar-refractivity contribution in [1.82, 2.24) is 10.2 Å². The van der Waals surface area contributed by atoms with Gasteiger partial charge in [-0.05, 0) is 43.8 Å². The maximum absolute atomic E-state index is 12.0. The fourth-order valence-corrected chi connectivity index (χ4v) is 2.45.